The maximum Gasteiger partial charge on any atom is 0.356 e. The Morgan fingerprint density at radius 2 is 2.22 bits per heavy atom. The fourth-order valence-corrected chi connectivity index (χ4v) is 1.54. The SMILES string of the molecule is CCOC(=O)c1ccc2ccc(N=[N+]=[N-])cc2n1. The van der Waals surface area contributed by atoms with E-state index in [0.29, 0.717) is 17.8 Å². The summed E-state index contributed by atoms with van der Waals surface area (Å²) in [6, 6.07) is 8.47. The second kappa shape index (κ2) is 5.16. The van der Waals surface area contributed by atoms with Crippen LogP contribution in [0.5, 0.6) is 0 Å². The summed E-state index contributed by atoms with van der Waals surface area (Å²) < 4.78 is 4.87. The highest BCUT2D eigenvalue weighted by molar-refractivity contribution is 5.91. The van der Waals surface area contributed by atoms with Crippen LogP contribution in [-0.4, -0.2) is 17.6 Å². The van der Waals surface area contributed by atoms with Gasteiger partial charge in [0.15, 0.2) is 0 Å². The van der Waals surface area contributed by atoms with Crippen molar-refractivity contribution in [1.29, 1.82) is 0 Å². The molecule has 0 bridgehead atoms. The molecule has 6 heteroatoms. The van der Waals surface area contributed by atoms with Crippen LogP contribution in [0, 0.1) is 0 Å². The van der Waals surface area contributed by atoms with Crippen LogP contribution in [0.25, 0.3) is 21.3 Å². The van der Waals surface area contributed by atoms with Crippen molar-refractivity contribution in [1.82, 2.24) is 4.98 Å². The summed E-state index contributed by atoms with van der Waals surface area (Å²) in [5.74, 6) is -0.464. The van der Waals surface area contributed by atoms with E-state index in [0.717, 1.165) is 5.39 Å². The number of carbonyl (C=O) groups excluding carboxylic acids is 1. The van der Waals surface area contributed by atoms with Crippen LogP contribution in [-0.2, 0) is 4.74 Å². The Morgan fingerprint density at radius 3 is 2.94 bits per heavy atom. The molecule has 0 spiro atoms. The van der Waals surface area contributed by atoms with Gasteiger partial charge in [0.1, 0.15) is 5.69 Å². The summed E-state index contributed by atoms with van der Waals surface area (Å²) in [6.45, 7) is 2.04. The van der Waals surface area contributed by atoms with E-state index < -0.39 is 5.97 Å². The van der Waals surface area contributed by atoms with Gasteiger partial charge in [0, 0.05) is 16.0 Å². The first-order valence-corrected chi connectivity index (χ1v) is 5.37. The minimum absolute atomic E-state index is 0.238. The molecule has 0 saturated heterocycles. The van der Waals surface area contributed by atoms with Crippen LogP contribution in [0.15, 0.2) is 35.4 Å². The minimum Gasteiger partial charge on any atom is -0.461 e. The molecule has 0 saturated carbocycles. The lowest BCUT2D eigenvalue weighted by molar-refractivity contribution is 0.0520. The Kier molecular flexibility index (Phi) is 3.41. The van der Waals surface area contributed by atoms with Gasteiger partial charge in [-0.25, -0.2) is 9.78 Å². The van der Waals surface area contributed by atoms with E-state index in [1.165, 1.54) is 0 Å². The van der Waals surface area contributed by atoms with Crippen molar-refractivity contribution in [2.45, 2.75) is 6.92 Å². The molecule has 6 nitrogen and oxygen atoms in total. The lowest BCUT2D eigenvalue weighted by Gasteiger charge is -2.03. The van der Waals surface area contributed by atoms with E-state index in [2.05, 4.69) is 15.0 Å². The minimum atomic E-state index is -0.464. The van der Waals surface area contributed by atoms with Crippen LogP contribution in [0.3, 0.4) is 0 Å². The summed E-state index contributed by atoms with van der Waals surface area (Å²) in [7, 11) is 0. The predicted molar refractivity (Wildman–Crippen MR) is 66.5 cm³/mol. The zero-order valence-electron chi connectivity index (χ0n) is 9.70. The van der Waals surface area contributed by atoms with Crippen molar-refractivity contribution >= 4 is 22.6 Å². The first-order chi connectivity index (χ1) is 8.74. The Hall–Kier alpha value is -2.59. The van der Waals surface area contributed by atoms with E-state index in [1.807, 2.05) is 0 Å². The molecule has 0 atom stereocenters. The van der Waals surface area contributed by atoms with E-state index in [9.17, 15) is 4.79 Å². The molecule has 0 aliphatic carbocycles. The number of rotatable bonds is 3. The molecule has 1 aromatic carbocycles. The van der Waals surface area contributed by atoms with E-state index in [4.69, 9.17) is 10.3 Å². The zero-order valence-corrected chi connectivity index (χ0v) is 9.70. The monoisotopic (exact) mass is 242 g/mol. The number of pyridine rings is 1. The number of fused-ring (bicyclic) bond motifs is 1. The second-order valence-corrected chi connectivity index (χ2v) is 3.48. The number of benzene rings is 1. The average molecular weight is 242 g/mol. The number of hydrogen-bond acceptors (Lipinski definition) is 4. The topological polar surface area (TPSA) is 88.0 Å². The molecule has 0 aliphatic heterocycles. The van der Waals surface area contributed by atoms with Gasteiger partial charge in [0.05, 0.1) is 12.1 Å². The summed E-state index contributed by atoms with van der Waals surface area (Å²) in [6.07, 6.45) is 0. The second-order valence-electron chi connectivity index (χ2n) is 3.48. The van der Waals surface area contributed by atoms with Crippen LogP contribution >= 0.6 is 0 Å². The molecule has 2 aromatic rings. The molecule has 18 heavy (non-hydrogen) atoms. The maximum atomic E-state index is 11.5. The van der Waals surface area contributed by atoms with E-state index >= 15 is 0 Å². The normalized spacial score (nSPS) is 9.83. The van der Waals surface area contributed by atoms with Crippen LogP contribution in [0.1, 0.15) is 17.4 Å². The average Bonchev–Trinajstić information content (AvgIpc) is 2.38. The third-order valence-corrected chi connectivity index (χ3v) is 2.32. The fourth-order valence-electron chi connectivity index (χ4n) is 1.54. The van der Waals surface area contributed by atoms with E-state index in [-0.39, 0.29) is 5.69 Å². The summed E-state index contributed by atoms with van der Waals surface area (Å²) in [4.78, 5) is 18.4. The van der Waals surface area contributed by atoms with E-state index in [1.54, 1.807) is 37.3 Å². The molecule has 1 aromatic heterocycles. The molecule has 0 amide bonds. The summed E-state index contributed by atoms with van der Waals surface area (Å²) >= 11 is 0. The quantitative estimate of drug-likeness (QED) is 0.358. The lowest BCUT2D eigenvalue weighted by Crippen LogP contribution is -2.06. The molecule has 0 unspecified atom stereocenters. The van der Waals surface area contributed by atoms with Crippen LogP contribution in [0.4, 0.5) is 5.69 Å². The molecular formula is C12H10N4O2. The number of aromatic nitrogens is 1. The third-order valence-electron chi connectivity index (χ3n) is 2.32. The van der Waals surface area contributed by atoms with Crippen LogP contribution in [0.2, 0.25) is 0 Å². The van der Waals surface area contributed by atoms with Gasteiger partial charge in [-0.3, -0.25) is 0 Å². The van der Waals surface area contributed by atoms with Crippen molar-refractivity contribution in [3.8, 4) is 0 Å². The molecule has 90 valence electrons. The molecule has 2 rings (SSSR count). The van der Waals surface area contributed by atoms with Gasteiger partial charge < -0.3 is 4.74 Å². The van der Waals surface area contributed by atoms with Crippen LogP contribution < -0.4 is 0 Å². The summed E-state index contributed by atoms with van der Waals surface area (Å²) in [5, 5.41) is 4.35. The number of nitrogens with zero attached hydrogens (tertiary/aromatic N) is 4. The molecule has 1 heterocycles. The van der Waals surface area contributed by atoms with Crippen molar-refractivity contribution in [2.75, 3.05) is 6.61 Å². The zero-order chi connectivity index (χ0) is 13.0. The largest absolute Gasteiger partial charge is 0.461 e. The first-order valence-electron chi connectivity index (χ1n) is 5.37. The Morgan fingerprint density at radius 1 is 1.44 bits per heavy atom. The number of esters is 1. The highest BCUT2D eigenvalue weighted by Crippen LogP contribution is 2.20. The van der Waals surface area contributed by atoms with Gasteiger partial charge in [-0.05, 0) is 24.6 Å². The predicted octanol–water partition coefficient (Wildman–Crippen LogP) is 3.35. The molecule has 0 N–H and O–H groups in total. The highest BCUT2D eigenvalue weighted by atomic mass is 16.5. The molecular weight excluding hydrogens is 232 g/mol. The Balaban J connectivity index is 2.48. The van der Waals surface area contributed by atoms with Gasteiger partial charge in [-0.15, -0.1) is 0 Å². The molecule has 0 fully saturated rings. The summed E-state index contributed by atoms with van der Waals surface area (Å²) in [5.41, 5.74) is 9.65. The molecule has 0 aliphatic rings. The molecule has 0 radical (unpaired) electrons. The number of ether oxygens (including phenoxy) is 1. The standard InChI is InChI=1S/C12H10N4O2/c1-2-18-12(17)10-6-4-8-3-5-9(15-16-13)7-11(8)14-10/h3-7H,2H2,1H3. The van der Waals surface area contributed by atoms with Crippen molar-refractivity contribution in [2.24, 2.45) is 5.11 Å². The highest BCUT2D eigenvalue weighted by Gasteiger charge is 2.08. The lowest BCUT2D eigenvalue weighted by atomic mass is 10.2. The van der Waals surface area contributed by atoms with Gasteiger partial charge in [0.2, 0.25) is 0 Å². The van der Waals surface area contributed by atoms with Gasteiger partial charge >= 0.3 is 5.97 Å². The Bertz CT molecular complexity index is 648. The van der Waals surface area contributed by atoms with Gasteiger partial charge in [0.25, 0.3) is 0 Å². The maximum absolute atomic E-state index is 11.5. The Labute approximate surface area is 103 Å². The fraction of sp³-hybridized carbons (Fsp3) is 0.167. The third kappa shape index (κ3) is 2.39. The van der Waals surface area contributed by atoms with Gasteiger partial charge in [-0.1, -0.05) is 23.3 Å². The van der Waals surface area contributed by atoms with Gasteiger partial charge in [-0.2, -0.15) is 0 Å². The van der Waals surface area contributed by atoms with Crippen molar-refractivity contribution in [3.05, 3.63) is 46.5 Å². The first kappa shape index (κ1) is 11.9. The van der Waals surface area contributed by atoms with Crippen molar-refractivity contribution in [3.63, 3.8) is 0 Å². The number of carbonyl (C=O) groups is 1. The smallest absolute Gasteiger partial charge is 0.356 e. The van der Waals surface area contributed by atoms with Crippen molar-refractivity contribution < 1.29 is 9.53 Å². The number of hydrogen-bond donors (Lipinski definition) is 0. The number of azide groups is 1.